The van der Waals surface area contributed by atoms with E-state index < -0.39 is 26.0 Å². The lowest BCUT2D eigenvalue weighted by atomic mass is 9.58. The van der Waals surface area contributed by atoms with Crippen molar-refractivity contribution in [2.45, 2.75) is 56.8 Å². The fourth-order valence-corrected chi connectivity index (χ4v) is 7.88. The number of sulfonamides is 1. The Hall–Kier alpha value is -2.13. The highest BCUT2D eigenvalue weighted by Crippen LogP contribution is 2.57. The van der Waals surface area contributed by atoms with Crippen LogP contribution >= 0.6 is 0 Å². The fraction of sp³-hybridized carbons (Fsp3) is 0.636. The lowest BCUT2D eigenvalue weighted by molar-refractivity contribution is -0.387. The highest BCUT2D eigenvalue weighted by Gasteiger charge is 2.60. The van der Waals surface area contributed by atoms with E-state index in [1.54, 1.807) is 0 Å². The summed E-state index contributed by atoms with van der Waals surface area (Å²) in [5.74, 6) is 0.313. The van der Waals surface area contributed by atoms with Crippen LogP contribution < -0.4 is 0 Å². The third-order valence-corrected chi connectivity index (χ3v) is 9.45. The van der Waals surface area contributed by atoms with Gasteiger partial charge in [-0.3, -0.25) is 19.7 Å². The van der Waals surface area contributed by atoms with Crippen molar-refractivity contribution >= 4 is 27.3 Å². The molecular weight excluding hydrogens is 420 g/mol. The average Bonchev–Trinajstić information content (AvgIpc) is 3.03. The summed E-state index contributed by atoms with van der Waals surface area (Å²) in [7, 11) is -4.06. The number of hydrogen-bond acceptors (Lipinski definition) is 6. The van der Waals surface area contributed by atoms with Gasteiger partial charge in [0.15, 0.2) is 4.90 Å². The highest BCUT2D eigenvalue weighted by molar-refractivity contribution is 7.89. The number of Topliss-reactive ketones (excluding diaryl/α,β-unsaturated/α-hetero) is 2. The second-order valence-corrected chi connectivity index (χ2v) is 11.2. The monoisotopic (exact) mass is 448 g/mol. The standard InChI is InChI=1S/C22H28N2O6S/c1-15-12-16-14-19(25)17-6-4-10-23(11-5-9-22(16,17)21(26)13-15)31(29,30)20-8-3-2-7-18(20)24(27)28/h2-3,7-8,15-17H,4-6,9-14H2,1H3/t15-,16+,17+,22+/m1/s1. The van der Waals surface area contributed by atoms with Crippen LogP contribution in [0.5, 0.6) is 0 Å². The number of para-hydroxylation sites is 1. The van der Waals surface area contributed by atoms with Gasteiger partial charge < -0.3 is 0 Å². The molecule has 2 saturated carbocycles. The van der Waals surface area contributed by atoms with Crippen molar-refractivity contribution in [2.24, 2.45) is 23.2 Å². The van der Waals surface area contributed by atoms with E-state index in [9.17, 15) is 28.1 Å². The Morgan fingerprint density at radius 1 is 1.13 bits per heavy atom. The van der Waals surface area contributed by atoms with Gasteiger partial charge in [-0.05, 0) is 50.0 Å². The van der Waals surface area contributed by atoms with E-state index in [1.807, 2.05) is 0 Å². The van der Waals surface area contributed by atoms with Crippen LogP contribution in [-0.4, -0.2) is 42.3 Å². The minimum atomic E-state index is -4.06. The number of nitrogens with zero attached hydrogens (tertiary/aromatic N) is 2. The first-order valence-corrected chi connectivity index (χ1v) is 12.4. The molecule has 3 fully saturated rings. The summed E-state index contributed by atoms with van der Waals surface area (Å²) in [6, 6.07) is 5.37. The van der Waals surface area contributed by atoms with Crippen molar-refractivity contribution in [3.63, 3.8) is 0 Å². The van der Waals surface area contributed by atoms with Gasteiger partial charge in [0.1, 0.15) is 11.6 Å². The minimum Gasteiger partial charge on any atom is -0.299 e. The smallest absolute Gasteiger partial charge is 0.289 e. The van der Waals surface area contributed by atoms with Gasteiger partial charge in [-0.25, -0.2) is 8.42 Å². The third-order valence-electron chi connectivity index (χ3n) is 7.50. The molecule has 168 valence electrons. The Kier molecular flexibility index (Phi) is 5.76. The molecule has 1 aromatic rings. The molecule has 4 atom stereocenters. The van der Waals surface area contributed by atoms with E-state index in [0.29, 0.717) is 38.5 Å². The summed E-state index contributed by atoms with van der Waals surface area (Å²) >= 11 is 0. The summed E-state index contributed by atoms with van der Waals surface area (Å²) in [6.45, 7) is 2.43. The number of nitro benzene ring substituents is 1. The molecule has 1 spiro atoms. The lowest BCUT2D eigenvalue weighted by Crippen LogP contribution is -2.46. The first kappa shape index (κ1) is 22.1. The number of carbonyl (C=O) groups excluding carboxylic acids is 2. The fourth-order valence-electron chi connectivity index (χ4n) is 6.20. The van der Waals surface area contributed by atoms with E-state index in [1.165, 1.54) is 28.6 Å². The molecule has 1 saturated heterocycles. The molecule has 8 nitrogen and oxygen atoms in total. The molecule has 9 heteroatoms. The van der Waals surface area contributed by atoms with Crippen molar-refractivity contribution < 1.29 is 22.9 Å². The van der Waals surface area contributed by atoms with Crippen LogP contribution in [-0.2, 0) is 19.6 Å². The Bertz CT molecular complexity index is 1020. The zero-order valence-corrected chi connectivity index (χ0v) is 18.5. The predicted octanol–water partition coefficient (Wildman–Crippen LogP) is 3.35. The number of rotatable bonds is 3. The number of carbonyl (C=O) groups is 2. The van der Waals surface area contributed by atoms with Crippen LogP contribution in [0.25, 0.3) is 0 Å². The van der Waals surface area contributed by atoms with Crippen LogP contribution in [0.15, 0.2) is 29.2 Å². The molecule has 3 aliphatic rings. The maximum Gasteiger partial charge on any atom is 0.289 e. The summed E-state index contributed by atoms with van der Waals surface area (Å²) in [6.07, 6.45) is 3.71. The van der Waals surface area contributed by atoms with Gasteiger partial charge >= 0.3 is 0 Å². The number of benzene rings is 1. The van der Waals surface area contributed by atoms with Gasteiger partial charge in [0.05, 0.1) is 4.92 Å². The normalized spacial score (nSPS) is 32.5. The summed E-state index contributed by atoms with van der Waals surface area (Å²) in [5, 5.41) is 11.4. The zero-order chi connectivity index (χ0) is 22.4. The van der Waals surface area contributed by atoms with Crippen molar-refractivity contribution in [2.75, 3.05) is 13.1 Å². The molecule has 0 N–H and O–H groups in total. The Morgan fingerprint density at radius 3 is 2.58 bits per heavy atom. The largest absolute Gasteiger partial charge is 0.299 e. The van der Waals surface area contributed by atoms with Gasteiger partial charge in [0.2, 0.25) is 10.0 Å². The topological polar surface area (TPSA) is 115 Å². The molecule has 0 bridgehead atoms. The van der Waals surface area contributed by atoms with Crippen molar-refractivity contribution in [3.8, 4) is 0 Å². The van der Waals surface area contributed by atoms with Gasteiger partial charge in [-0.2, -0.15) is 4.31 Å². The van der Waals surface area contributed by atoms with Crippen LogP contribution in [0, 0.1) is 33.3 Å². The minimum absolute atomic E-state index is 0.0552. The van der Waals surface area contributed by atoms with E-state index in [0.717, 1.165) is 6.42 Å². The van der Waals surface area contributed by atoms with E-state index in [2.05, 4.69) is 6.92 Å². The van der Waals surface area contributed by atoms with E-state index >= 15 is 0 Å². The molecule has 4 rings (SSSR count). The van der Waals surface area contributed by atoms with Crippen LogP contribution in [0.1, 0.15) is 51.9 Å². The van der Waals surface area contributed by atoms with Gasteiger partial charge in [-0.1, -0.05) is 19.1 Å². The summed E-state index contributed by atoms with van der Waals surface area (Å²) in [4.78, 5) is 36.5. The van der Waals surface area contributed by atoms with Crippen LogP contribution in [0.4, 0.5) is 5.69 Å². The van der Waals surface area contributed by atoms with E-state index in [-0.39, 0.29) is 47.3 Å². The number of ketones is 2. The average molecular weight is 449 g/mol. The molecule has 0 unspecified atom stereocenters. The number of hydrogen-bond donors (Lipinski definition) is 0. The Balaban J connectivity index is 1.63. The molecule has 1 aromatic carbocycles. The first-order chi connectivity index (χ1) is 14.7. The van der Waals surface area contributed by atoms with E-state index in [4.69, 9.17) is 0 Å². The molecule has 2 aliphatic carbocycles. The Morgan fingerprint density at radius 2 is 1.84 bits per heavy atom. The van der Waals surface area contributed by atoms with Crippen LogP contribution in [0.3, 0.4) is 0 Å². The maximum atomic E-state index is 13.3. The maximum absolute atomic E-state index is 13.3. The zero-order valence-electron chi connectivity index (χ0n) is 17.7. The van der Waals surface area contributed by atoms with Gasteiger partial charge in [0.25, 0.3) is 5.69 Å². The van der Waals surface area contributed by atoms with Crippen LogP contribution in [0.2, 0.25) is 0 Å². The summed E-state index contributed by atoms with van der Waals surface area (Å²) < 4.78 is 27.8. The molecule has 0 aromatic heterocycles. The highest BCUT2D eigenvalue weighted by atomic mass is 32.2. The second kappa shape index (κ2) is 8.09. The molecule has 1 heterocycles. The van der Waals surface area contributed by atoms with Crippen molar-refractivity contribution in [1.29, 1.82) is 0 Å². The summed E-state index contributed by atoms with van der Waals surface area (Å²) in [5.41, 5.74) is -1.09. The Labute approximate surface area is 182 Å². The predicted molar refractivity (Wildman–Crippen MR) is 113 cm³/mol. The molecule has 31 heavy (non-hydrogen) atoms. The van der Waals surface area contributed by atoms with Crippen molar-refractivity contribution in [1.82, 2.24) is 4.31 Å². The molecule has 1 aliphatic heterocycles. The quantitative estimate of drug-likeness (QED) is 0.517. The second-order valence-electron chi connectivity index (χ2n) is 9.30. The molecular formula is C22H28N2O6S. The SMILES string of the molecule is C[C@H]1CC(=O)[C@]23CCCN(S(=O)(=O)c4ccccc4[N+](=O)[O-])CCC[C@H]2C(=O)C[C@@H]3C1. The van der Waals surface area contributed by atoms with Gasteiger partial charge in [0, 0.05) is 43.3 Å². The van der Waals surface area contributed by atoms with Crippen molar-refractivity contribution in [3.05, 3.63) is 34.4 Å². The first-order valence-electron chi connectivity index (χ1n) is 11.0. The van der Waals surface area contributed by atoms with Gasteiger partial charge in [-0.15, -0.1) is 0 Å². The lowest BCUT2D eigenvalue weighted by Gasteiger charge is -2.43. The molecule has 0 radical (unpaired) electrons. The molecule has 0 amide bonds. The third kappa shape index (κ3) is 3.61. The number of nitro groups is 1.